The molecule has 0 unspecified atom stereocenters. The molecule has 16 heavy (non-hydrogen) atoms. The van der Waals surface area contributed by atoms with Crippen molar-refractivity contribution in [2.45, 2.75) is 0 Å². The SMILES string of the molecule is CN1CCNCC1.NC(=O)S.NC(=O)S.[H-].[Na+]. The van der Waals surface area contributed by atoms with Crippen molar-refractivity contribution < 1.29 is 40.6 Å². The fraction of sp³-hybridized carbons (Fsp3) is 0.714. The van der Waals surface area contributed by atoms with Gasteiger partial charge in [-0.05, 0) is 7.05 Å². The molecule has 1 fully saturated rings. The van der Waals surface area contributed by atoms with Crippen molar-refractivity contribution in [2.24, 2.45) is 11.5 Å². The topological polar surface area (TPSA) is 101 Å². The van der Waals surface area contributed by atoms with Gasteiger partial charge in [0.05, 0.1) is 0 Å². The molecule has 0 aromatic rings. The molecule has 1 saturated heterocycles. The molecule has 5 N–H and O–H groups in total. The predicted molar refractivity (Wildman–Crippen MR) is 68.6 cm³/mol. The zero-order valence-corrected chi connectivity index (χ0v) is 13.4. The first-order valence-electron chi connectivity index (χ1n) is 4.22. The van der Waals surface area contributed by atoms with Crippen LogP contribution in [-0.2, 0) is 0 Å². The molecular weight excluding hydrogens is 259 g/mol. The molecule has 0 aromatic carbocycles. The fourth-order valence-electron chi connectivity index (χ4n) is 0.777. The standard InChI is InChI=1S/C5H12N2.2CH3NOS.Na.H/c1-7-4-2-6-3-5-7;2*2-1(3)4;;/h6H,2-5H2,1H3;2*(H3,2,3,4);;/q;;;+1;-1. The summed E-state index contributed by atoms with van der Waals surface area (Å²) in [6.45, 7) is 4.74. The molecule has 1 heterocycles. The Bertz CT molecular complexity index is 177. The zero-order chi connectivity index (χ0) is 12.3. The van der Waals surface area contributed by atoms with Crippen LogP contribution in [0.3, 0.4) is 0 Å². The molecule has 6 nitrogen and oxygen atoms in total. The van der Waals surface area contributed by atoms with Gasteiger partial charge in [0.25, 0.3) is 10.5 Å². The van der Waals surface area contributed by atoms with E-state index in [1.807, 2.05) is 0 Å². The summed E-state index contributed by atoms with van der Waals surface area (Å²) in [5.41, 5.74) is 8.67. The van der Waals surface area contributed by atoms with Crippen LogP contribution >= 0.6 is 25.3 Å². The number of thiol groups is 2. The summed E-state index contributed by atoms with van der Waals surface area (Å²) in [6, 6.07) is 0. The molecule has 0 bridgehead atoms. The van der Waals surface area contributed by atoms with Crippen LogP contribution in [0.15, 0.2) is 0 Å². The Hall–Kier alpha value is 0.560. The average molecular weight is 278 g/mol. The minimum atomic E-state index is -0.639. The van der Waals surface area contributed by atoms with Crippen molar-refractivity contribution in [2.75, 3.05) is 33.2 Å². The molecule has 1 aliphatic heterocycles. The van der Waals surface area contributed by atoms with Gasteiger partial charge in [-0.1, -0.05) is 25.3 Å². The Kier molecular flexibility index (Phi) is 21.2. The maximum atomic E-state index is 9.09. The van der Waals surface area contributed by atoms with Gasteiger partial charge in [-0.2, -0.15) is 0 Å². The van der Waals surface area contributed by atoms with Crippen molar-refractivity contribution in [3.63, 3.8) is 0 Å². The first-order valence-corrected chi connectivity index (χ1v) is 5.11. The quantitative estimate of drug-likeness (QED) is 0.236. The van der Waals surface area contributed by atoms with E-state index in [1.165, 1.54) is 13.1 Å². The van der Waals surface area contributed by atoms with Crippen molar-refractivity contribution in [1.82, 2.24) is 10.2 Å². The predicted octanol–water partition coefficient (Wildman–Crippen LogP) is -3.37. The molecule has 2 amide bonds. The van der Waals surface area contributed by atoms with E-state index in [-0.39, 0.29) is 31.0 Å². The number of primary amides is 2. The second-order valence-corrected chi connectivity index (χ2v) is 3.61. The van der Waals surface area contributed by atoms with E-state index < -0.39 is 10.5 Å². The number of rotatable bonds is 0. The van der Waals surface area contributed by atoms with Gasteiger partial charge in [-0.15, -0.1) is 0 Å². The average Bonchev–Trinajstić information content (AvgIpc) is 2.03. The van der Waals surface area contributed by atoms with Crippen LogP contribution in [0.2, 0.25) is 0 Å². The summed E-state index contributed by atoms with van der Waals surface area (Å²) in [5, 5.41) is 2.00. The number of nitrogens with one attached hydrogen (secondary N) is 1. The number of hydrogen-bond acceptors (Lipinski definition) is 4. The summed E-state index contributed by atoms with van der Waals surface area (Å²) < 4.78 is 0. The molecule has 0 atom stereocenters. The third-order valence-electron chi connectivity index (χ3n) is 1.34. The summed E-state index contributed by atoms with van der Waals surface area (Å²) in [6.07, 6.45) is 0. The van der Waals surface area contributed by atoms with Gasteiger partial charge >= 0.3 is 29.6 Å². The summed E-state index contributed by atoms with van der Waals surface area (Å²) >= 11 is 6.21. The molecule has 0 aromatic heterocycles. The van der Waals surface area contributed by atoms with E-state index in [0.717, 1.165) is 13.1 Å². The van der Waals surface area contributed by atoms with Crippen LogP contribution in [0.4, 0.5) is 9.59 Å². The van der Waals surface area contributed by atoms with Gasteiger partial charge in [-0.3, -0.25) is 9.59 Å². The van der Waals surface area contributed by atoms with E-state index in [4.69, 9.17) is 9.59 Å². The van der Waals surface area contributed by atoms with Gasteiger partial charge in [-0.25, -0.2) is 0 Å². The smallest absolute Gasteiger partial charge is 1.00 e. The third kappa shape index (κ3) is 36.5. The second-order valence-electron chi connectivity index (χ2n) is 2.73. The van der Waals surface area contributed by atoms with Crippen LogP contribution in [0.1, 0.15) is 1.43 Å². The van der Waals surface area contributed by atoms with Crippen LogP contribution in [-0.4, -0.2) is 48.6 Å². The van der Waals surface area contributed by atoms with Gasteiger partial charge < -0.3 is 23.1 Å². The third-order valence-corrected chi connectivity index (χ3v) is 1.34. The maximum absolute atomic E-state index is 9.09. The van der Waals surface area contributed by atoms with Crippen LogP contribution < -0.4 is 46.3 Å². The molecule has 9 heteroatoms. The largest absolute Gasteiger partial charge is 1.00 e. The molecular formula is C7H19N4NaO2S2. The van der Waals surface area contributed by atoms with Crippen molar-refractivity contribution in [3.05, 3.63) is 0 Å². The maximum Gasteiger partial charge on any atom is 1.00 e. The van der Waals surface area contributed by atoms with E-state index in [0.29, 0.717) is 0 Å². The van der Waals surface area contributed by atoms with Crippen LogP contribution in [0, 0.1) is 0 Å². The molecule has 0 aliphatic carbocycles. The number of hydrogen-bond donors (Lipinski definition) is 5. The van der Waals surface area contributed by atoms with Crippen molar-refractivity contribution in [1.29, 1.82) is 0 Å². The number of nitrogens with zero attached hydrogens (tertiary/aromatic N) is 1. The summed E-state index contributed by atoms with van der Waals surface area (Å²) in [4.78, 5) is 20.5. The number of carbonyl (C=O) groups excluding carboxylic acids is 2. The van der Waals surface area contributed by atoms with Gasteiger partial charge in [0.2, 0.25) is 0 Å². The summed E-state index contributed by atoms with van der Waals surface area (Å²) in [7, 11) is 2.15. The number of likely N-dealkylation sites (N-methyl/N-ethyl adjacent to an activating group) is 1. The second kappa shape index (κ2) is 15.6. The minimum absolute atomic E-state index is 0. The Morgan fingerprint density at radius 3 is 1.56 bits per heavy atom. The molecule has 1 aliphatic rings. The molecule has 92 valence electrons. The Morgan fingerprint density at radius 1 is 1.19 bits per heavy atom. The first kappa shape index (κ1) is 21.8. The molecule has 0 spiro atoms. The van der Waals surface area contributed by atoms with Gasteiger partial charge in [0, 0.05) is 26.2 Å². The Balaban J connectivity index is -0.0000000755. The van der Waals surface area contributed by atoms with Crippen molar-refractivity contribution in [3.8, 4) is 0 Å². The van der Waals surface area contributed by atoms with E-state index >= 15 is 0 Å². The number of carbonyl (C=O) groups is 2. The molecule has 0 radical (unpaired) electrons. The molecule has 1 rings (SSSR count). The van der Waals surface area contributed by atoms with E-state index in [1.54, 1.807) is 0 Å². The minimum Gasteiger partial charge on any atom is -1.00 e. The molecule has 0 saturated carbocycles. The first-order chi connectivity index (χ1) is 6.86. The Labute approximate surface area is 130 Å². The van der Waals surface area contributed by atoms with Crippen LogP contribution in [0.5, 0.6) is 0 Å². The van der Waals surface area contributed by atoms with E-state index in [9.17, 15) is 0 Å². The Morgan fingerprint density at radius 2 is 1.44 bits per heavy atom. The summed E-state index contributed by atoms with van der Waals surface area (Å²) in [5.74, 6) is 0. The normalized spacial score (nSPS) is 14.2. The van der Waals surface area contributed by atoms with Gasteiger partial charge in [0.1, 0.15) is 0 Å². The monoisotopic (exact) mass is 278 g/mol. The fourth-order valence-corrected chi connectivity index (χ4v) is 0.777. The van der Waals surface area contributed by atoms with Gasteiger partial charge in [0.15, 0.2) is 0 Å². The zero-order valence-electron chi connectivity index (χ0n) is 10.6. The van der Waals surface area contributed by atoms with E-state index in [2.05, 4.69) is 54.0 Å². The van der Waals surface area contributed by atoms with Crippen molar-refractivity contribution >= 4 is 35.7 Å². The number of piperazine rings is 1. The van der Waals surface area contributed by atoms with Crippen LogP contribution in [0.25, 0.3) is 0 Å². The number of nitrogens with two attached hydrogens (primary N) is 2. The number of amides is 2.